The maximum atomic E-state index is 13.8. The molecule has 3 rings (SSSR count). The van der Waals surface area contributed by atoms with Crippen molar-refractivity contribution in [2.75, 3.05) is 33.4 Å². The summed E-state index contributed by atoms with van der Waals surface area (Å²) in [5.74, 6) is 0.782. The third-order valence-corrected chi connectivity index (χ3v) is 9.82. The maximum Gasteiger partial charge on any atom is 0.344 e. The minimum absolute atomic E-state index is 0.185. The zero-order valence-corrected chi connectivity index (χ0v) is 24.7. The van der Waals surface area contributed by atoms with Gasteiger partial charge in [-0.25, -0.2) is 13.2 Å². The Morgan fingerprint density at radius 1 is 1.11 bits per heavy atom. The molecule has 0 saturated heterocycles. The molecule has 2 aromatic carbocycles. The van der Waals surface area contributed by atoms with Crippen LogP contribution in [-0.2, 0) is 19.6 Å². The second kappa shape index (κ2) is 13.5. The number of fused-ring (bicyclic) bond motifs is 1. The first kappa shape index (κ1) is 30.0. The van der Waals surface area contributed by atoms with Crippen LogP contribution in [0.4, 0.5) is 0 Å². The number of ether oxygens (including phenoxy) is 4. The molecule has 1 unspecified atom stereocenters. The zero-order chi connectivity index (χ0) is 27.9. The number of aryl methyl sites for hydroxylation is 1. The fourth-order valence-electron chi connectivity index (χ4n) is 3.94. The van der Waals surface area contributed by atoms with Crippen LogP contribution in [0.25, 0.3) is 10.1 Å². The van der Waals surface area contributed by atoms with Gasteiger partial charge in [0.25, 0.3) is 10.0 Å². The lowest BCUT2D eigenvalue weighted by Crippen LogP contribution is -2.40. The van der Waals surface area contributed by atoms with Crippen LogP contribution in [0.3, 0.4) is 0 Å². The monoisotopic (exact) mass is 583 g/mol. The SMILES string of the molecule is CCCN(CC(CC)Oc1ccc(OCC(=O)OCC)c(OC)c1)S(=O)(=O)c1sc2ccc(Cl)cc2c1C. The largest absolute Gasteiger partial charge is 0.493 e. The van der Waals surface area contributed by atoms with Crippen LogP contribution >= 0.6 is 22.9 Å². The lowest BCUT2D eigenvalue weighted by Gasteiger charge is -2.27. The third-order valence-electron chi connectivity index (χ3n) is 5.85. The molecule has 1 aromatic heterocycles. The summed E-state index contributed by atoms with van der Waals surface area (Å²) in [4.78, 5) is 11.6. The molecule has 0 aliphatic carbocycles. The van der Waals surface area contributed by atoms with Crippen molar-refractivity contribution < 1.29 is 32.2 Å². The Morgan fingerprint density at radius 3 is 2.53 bits per heavy atom. The molecule has 1 atom stereocenters. The second-order valence-electron chi connectivity index (χ2n) is 8.57. The Morgan fingerprint density at radius 2 is 1.87 bits per heavy atom. The van der Waals surface area contributed by atoms with E-state index >= 15 is 0 Å². The number of hydrogen-bond acceptors (Lipinski definition) is 8. The van der Waals surface area contributed by atoms with Crippen LogP contribution < -0.4 is 14.2 Å². The second-order valence-corrected chi connectivity index (χ2v) is 12.2. The van der Waals surface area contributed by atoms with Crippen molar-refractivity contribution >= 4 is 49.0 Å². The van der Waals surface area contributed by atoms with Crippen molar-refractivity contribution in [3.8, 4) is 17.2 Å². The van der Waals surface area contributed by atoms with Gasteiger partial charge in [0.05, 0.1) is 20.3 Å². The fourth-order valence-corrected chi connectivity index (χ4v) is 7.56. The summed E-state index contributed by atoms with van der Waals surface area (Å²) < 4.78 is 52.3. The minimum atomic E-state index is -3.77. The van der Waals surface area contributed by atoms with E-state index in [0.29, 0.717) is 51.4 Å². The molecule has 0 bridgehead atoms. The number of nitrogens with zero attached hydrogens (tertiary/aromatic N) is 1. The fraction of sp³-hybridized carbons (Fsp3) is 0.444. The van der Waals surface area contributed by atoms with E-state index in [4.69, 9.17) is 30.5 Å². The first-order valence-electron chi connectivity index (χ1n) is 12.5. The molecule has 0 spiro atoms. The van der Waals surface area contributed by atoms with E-state index in [0.717, 1.165) is 10.1 Å². The number of methoxy groups -OCH3 is 1. The lowest BCUT2D eigenvalue weighted by atomic mass is 10.2. The predicted octanol–water partition coefficient (Wildman–Crippen LogP) is 6.07. The van der Waals surface area contributed by atoms with Crippen molar-refractivity contribution in [3.05, 3.63) is 47.0 Å². The number of thiophene rings is 1. The summed E-state index contributed by atoms with van der Waals surface area (Å²) in [6, 6.07) is 10.4. The molecule has 0 aliphatic heterocycles. The molecule has 1 heterocycles. The van der Waals surface area contributed by atoms with Gasteiger partial charge < -0.3 is 18.9 Å². The minimum Gasteiger partial charge on any atom is -0.493 e. The topological polar surface area (TPSA) is 91.4 Å². The number of halogens is 1. The van der Waals surface area contributed by atoms with Gasteiger partial charge in [-0.15, -0.1) is 11.3 Å². The highest BCUT2D eigenvalue weighted by atomic mass is 35.5. The average molecular weight is 584 g/mol. The van der Waals surface area contributed by atoms with Gasteiger partial charge in [0, 0.05) is 22.3 Å². The number of esters is 1. The summed E-state index contributed by atoms with van der Waals surface area (Å²) in [5.41, 5.74) is 0.700. The molecular weight excluding hydrogens is 550 g/mol. The zero-order valence-electron chi connectivity index (χ0n) is 22.3. The quantitative estimate of drug-likeness (QED) is 0.213. The van der Waals surface area contributed by atoms with E-state index in [1.54, 1.807) is 37.3 Å². The Bertz CT molecular complexity index is 1360. The molecule has 0 aliphatic rings. The molecule has 0 amide bonds. The van der Waals surface area contributed by atoms with Gasteiger partial charge in [0.1, 0.15) is 16.1 Å². The van der Waals surface area contributed by atoms with E-state index in [1.165, 1.54) is 22.8 Å². The normalized spacial score (nSPS) is 12.5. The molecule has 38 heavy (non-hydrogen) atoms. The summed E-state index contributed by atoms with van der Waals surface area (Å²) in [6.07, 6.45) is 0.836. The van der Waals surface area contributed by atoms with E-state index in [9.17, 15) is 13.2 Å². The van der Waals surface area contributed by atoms with Crippen LogP contribution in [0.15, 0.2) is 40.6 Å². The predicted molar refractivity (Wildman–Crippen MR) is 150 cm³/mol. The van der Waals surface area contributed by atoms with Crippen LogP contribution in [-0.4, -0.2) is 58.2 Å². The van der Waals surface area contributed by atoms with Gasteiger partial charge >= 0.3 is 5.97 Å². The van der Waals surface area contributed by atoms with Crippen LogP contribution in [0.5, 0.6) is 17.2 Å². The van der Waals surface area contributed by atoms with Crippen molar-refractivity contribution in [3.63, 3.8) is 0 Å². The summed E-state index contributed by atoms with van der Waals surface area (Å²) in [5, 5.41) is 1.41. The van der Waals surface area contributed by atoms with Gasteiger partial charge in [-0.05, 0) is 68.0 Å². The van der Waals surface area contributed by atoms with Crippen LogP contribution in [0, 0.1) is 6.92 Å². The molecular formula is C27H34ClNO7S2. The molecule has 8 nitrogen and oxygen atoms in total. The van der Waals surface area contributed by atoms with Crippen LogP contribution in [0.1, 0.15) is 39.2 Å². The Labute approximate surface area is 233 Å². The summed E-state index contributed by atoms with van der Waals surface area (Å²) in [6.45, 7) is 8.01. The van der Waals surface area contributed by atoms with E-state index in [2.05, 4.69) is 0 Å². The van der Waals surface area contributed by atoms with Crippen molar-refractivity contribution in [1.82, 2.24) is 4.31 Å². The lowest BCUT2D eigenvalue weighted by molar-refractivity contribution is -0.145. The van der Waals surface area contributed by atoms with Crippen molar-refractivity contribution in [2.45, 2.75) is 50.8 Å². The molecule has 0 fully saturated rings. The van der Waals surface area contributed by atoms with E-state index < -0.39 is 22.1 Å². The van der Waals surface area contributed by atoms with Gasteiger partial charge in [-0.1, -0.05) is 25.4 Å². The molecule has 3 aromatic rings. The van der Waals surface area contributed by atoms with Gasteiger partial charge in [-0.3, -0.25) is 0 Å². The molecule has 208 valence electrons. The molecule has 0 radical (unpaired) electrons. The first-order valence-corrected chi connectivity index (χ1v) is 15.1. The molecule has 11 heteroatoms. The van der Waals surface area contributed by atoms with Gasteiger partial charge in [0.2, 0.25) is 0 Å². The number of sulfonamides is 1. The summed E-state index contributed by atoms with van der Waals surface area (Å²) >= 11 is 7.41. The Balaban J connectivity index is 1.80. The first-order chi connectivity index (χ1) is 18.1. The van der Waals surface area contributed by atoms with Crippen molar-refractivity contribution in [1.29, 1.82) is 0 Å². The van der Waals surface area contributed by atoms with E-state index in [1.807, 2.05) is 26.8 Å². The standard InChI is InChI=1S/C27H34ClNO7S2/c1-6-13-29(38(31,32)27-18(4)22-14-19(28)9-12-25(22)37-27)16-20(7-2)36-21-10-11-23(24(15-21)33-5)35-17-26(30)34-8-3/h9-12,14-15,20H,6-8,13,16-17H2,1-5H3. The average Bonchev–Trinajstić information content (AvgIpc) is 3.23. The molecule has 0 saturated carbocycles. The number of carbonyl (C=O) groups is 1. The number of hydrogen-bond donors (Lipinski definition) is 0. The maximum absolute atomic E-state index is 13.8. The molecule has 0 N–H and O–H groups in total. The number of benzene rings is 2. The van der Waals surface area contributed by atoms with Crippen LogP contribution in [0.2, 0.25) is 5.02 Å². The number of rotatable bonds is 14. The van der Waals surface area contributed by atoms with E-state index in [-0.39, 0.29) is 19.8 Å². The number of carbonyl (C=O) groups excluding carboxylic acids is 1. The highest BCUT2D eigenvalue weighted by Crippen LogP contribution is 2.37. The highest BCUT2D eigenvalue weighted by molar-refractivity contribution is 7.91. The smallest absolute Gasteiger partial charge is 0.344 e. The highest BCUT2D eigenvalue weighted by Gasteiger charge is 2.31. The van der Waals surface area contributed by atoms with Gasteiger partial charge in [0.15, 0.2) is 18.1 Å². The van der Waals surface area contributed by atoms with Crippen molar-refractivity contribution in [2.24, 2.45) is 0 Å². The Hall–Kier alpha value is -2.53. The summed E-state index contributed by atoms with van der Waals surface area (Å²) in [7, 11) is -2.28. The third kappa shape index (κ3) is 7.11. The van der Waals surface area contributed by atoms with Gasteiger partial charge in [-0.2, -0.15) is 4.31 Å². The Kier molecular flexibility index (Phi) is 10.7.